The van der Waals surface area contributed by atoms with Crippen LogP contribution in [0.15, 0.2) is 67.8 Å². The summed E-state index contributed by atoms with van der Waals surface area (Å²) in [6, 6.07) is 11.9. The molecule has 0 saturated carbocycles. The lowest BCUT2D eigenvalue weighted by molar-refractivity contribution is -0.155. The van der Waals surface area contributed by atoms with Gasteiger partial charge in [-0.2, -0.15) is 0 Å². The number of hydrogen-bond donors (Lipinski definition) is 1. The normalized spacial score (nSPS) is 29.8. The second kappa shape index (κ2) is 10.9. The van der Waals surface area contributed by atoms with E-state index in [4.69, 9.17) is 9.47 Å². The van der Waals surface area contributed by atoms with Crippen LogP contribution < -0.4 is 4.90 Å². The van der Waals surface area contributed by atoms with Crippen molar-refractivity contribution < 1.29 is 29.0 Å². The molecule has 0 radical (unpaired) electrons. The second-order valence-corrected chi connectivity index (χ2v) is 11.6. The smallest absolute Gasteiger partial charge is 0.312 e. The van der Waals surface area contributed by atoms with Gasteiger partial charge in [0.15, 0.2) is 0 Å². The molecule has 2 amide bonds. The molecule has 7 atom stereocenters. The van der Waals surface area contributed by atoms with Gasteiger partial charge in [-0.15, -0.1) is 13.2 Å². The molecule has 1 N–H and O–H groups in total. The highest BCUT2D eigenvalue weighted by atomic mass is 79.9. The van der Waals surface area contributed by atoms with E-state index in [1.54, 1.807) is 24.0 Å². The molecule has 0 aliphatic carbocycles. The number of fused-ring (bicyclic) bond motifs is 2. The molecule has 2 aromatic carbocycles. The van der Waals surface area contributed by atoms with E-state index >= 15 is 0 Å². The zero-order valence-corrected chi connectivity index (χ0v) is 23.5. The van der Waals surface area contributed by atoms with Crippen molar-refractivity contribution in [1.29, 1.82) is 0 Å². The average Bonchev–Trinajstić information content (AvgIpc) is 3.54. The SMILES string of the molecule is C=CCCOC(=O)[C@H]1[C@H]2C(=O)N([C@H](C)CO)C(C(=O)N(CC=C)c3ccc4ccccc4c3)C23CC(Br)[C@@H]1O3. The summed E-state index contributed by atoms with van der Waals surface area (Å²) in [5.74, 6) is -2.99. The first-order chi connectivity index (χ1) is 18.8. The largest absolute Gasteiger partial charge is 0.465 e. The van der Waals surface area contributed by atoms with Gasteiger partial charge in [-0.25, -0.2) is 0 Å². The highest BCUT2D eigenvalue weighted by Gasteiger charge is 2.77. The molecule has 3 heterocycles. The maximum Gasteiger partial charge on any atom is 0.312 e. The summed E-state index contributed by atoms with van der Waals surface area (Å²) < 4.78 is 12.0. The van der Waals surface area contributed by atoms with Gasteiger partial charge in [-0.05, 0) is 42.7 Å². The number of nitrogens with zero attached hydrogens (tertiary/aromatic N) is 2. The molecule has 9 heteroatoms. The number of amides is 2. The fourth-order valence-corrected chi connectivity index (χ4v) is 7.40. The van der Waals surface area contributed by atoms with Crippen molar-refractivity contribution in [3.63, 3.8) is 0 Å². The number of carbonyl (C=O) groups excluding carboxylic acids is 3. The summed E-state index contributed by atoms with van der Waals surface area (Å²) in [6.07, 6.45) is 3.54. The molecule has 0 aromatic heterocycles. The molecule has 1 spiro atoms. The van der Waals surface area contributed by atoms with Crippen LogP contribution in [-0.4, -0.2) is 76.2 Å². The first-order valence-corrected chi connectivity index (χ1v) is 14.1. The standard InChI is InChI=1S/C30H33BrN2O6/c1-4-6-14-38-29(37)23-24-27(35)33(18(3)17-34)26(30(24)16-22(31)25(23)39-30)28(36)32(13-5-2)21-12-11-19-9-7-8-10-20(19)15-21/h4-5,7-12,15,18,22-26,34H,1-2,6,13-14,16-17H2,3H3/t18-,22?,23+,24+,25+,26?,30?/m1/s1. The zero-order chi connectivity index (χ0) is 27.9. The summed E-state index contributed by atoms with van der Waals surface area (Å²) in [6.45, 7) is 9.22. The summed E-state index contributed by atoms with van der Waals surface area (Å²) in [7, 11) is 0. The van der Waals surface area contributed by atoms with E-state index in [1.165, 1.54) is 4.90 Å². The van der Waals surface area contributed by atoms with Gasteiger partial charge >= 0.3 is 5.97 Å². The summed E-state index contributed by atoms with van der Waals surface area (Å²) in [5, 5.41) is 12.1. The molecule has 3 saturated heterocycles. The fourth-order valence-electron chi connectivity index (χ4n) is 6.46. The first-order valence-electron chi connectivity index (χ1n) is 13.2. The minimum Gasteiger partial charge on any atom is -0.465 e. The van der Waals surface area contributed by atoms with Crippen LogP contribution in [0.25, 0.3) is 10.8 Å². The maximum absolute atomic E-state index is 14.5. The monoisotopic (exact) mass is 596 g/mol. The Morgan fingerprint density at radius 2 is 2.00 bits per heavy atom. The third kappa shape index (κ3) is 4.40. The van der Waals surface area contributed by atoms with Crippen LogP contribution >= 0.6 is 15.9 Å². The molecular formula is C30H33BrN2O6. The maximum atomic E-state index is 14.5. The Morgan fingerprint density at radius 3 is 2.69 bits per heavy atom. The topological polar surface area (TPSA) is 96.4 Å². The van der Waals surface area contributed by atoms with Crippen molar-refractivity contribution in [2.75, 3.05) is 24.7 Å². The lowest BCUT2D eigenvalue weighted by Gasteiger charge is -2.38. The van der Waals surface area contributed by atoms with Crippen LogP contribution in [0.5, 0.6) is 0 Å². The van der Waals surface area contributed by atoms with Gasteiger partial charge in [0, 0.05) is 17.1 Å². The number of carbonyl (C=O) groups is 3. The molecule has 2 bridgehead atoms. The molecule has 2 aromatic rings. The van der Waals surface area contributed by atoms with Crippen molar-refractivity contribution in [2.45, 2.75) is 48.4 Å². The Balaban J connectivity index is 1.57. The predicted molar refractivity (Wildman–Crippen MR) is 151 cm³/mol. The van der Waals surface area contributed by atoms with Crippen LogP contribution in [0.2, 0.25) is 0 Å². The number of anilines is 1. The van der Waals surface area contributed by atoms with E-state index in [0.717, 1.165) is 10.8 Å². The van der Waals surface area contributed by atoms with E-state index < -0.39 is 41.6 Å². The minimum atomic E-state index is -1.24. The molecule has 3 aliphatic rings. The highest BCUT2D eigenvalue weighted by Crippen LogP contribution is 2.60. The number of rotatable bonds is 10. The highest BCUT2D eigenvalue weighted by molar-refractivity contribution is 9.09. The van der Waals surface area contributed by atoms with Gasteiger partial charge in [0.2, 0.25) is 5.91 Å². The van der Waals surface area contributed by atoms with Gasteiger partial charge in [0.25, 0.3) is 5.91 Å². The van der Waals surface area contributed by atoms with Crippen molar-refractivity contribution >= 4 is 50.2 Å². The van der Waals surface area contributed by atoms with Gasteiger partial charge < -0.3 is 24.4 Å². The number of alkyl halides is 1. The van der Waals surface area contributed by atoms with Gasteiger partial charge in [0.05, 0.1) is 37.2 Å². The summed E-state index contributed by atoms with van der Waals surface area (Å²) >= 11 is 3.66. The quantitative estimate of drug-likeness (QED) is 0.195. The van der Waals surface area contributed by atoms with E-state index in [2.05, 4.69) is 29.1 Å². The molecule has 3 fully saturated rings. The van der Waals surface area contributed by atoms with Crippen molar-refractivity contribution in [3.05, 3.63) is 67.8 Å². The van der Waals surface area contributed by atoms with Crippen molar-refractivity contribution in [3.8, 4) is 0 Å². The Labute approximate surface area is 236 Å². The van der Waals surface area contributed by atoms with Crippen molar-refractivity contribution in [2.24, 2.45) is 11.8 Å². The van der Waals surface area contributed by atoms with E-state index in [1.807, 2.05) is 42.5 Å². The predicted octanol–water partition coefficient (Wildman–Crippen LogP) is 3.61. The van der Waals surface area contributed by atoms with Crippen LogP contribution in [-0.2, 0) is 23.9 Å². The molecule has 5 rings (SSSR count). The number of likely N-dealkylation sites (tertiary alicyclic amines) is 1. The molecule has 3 unspecified atom stereocenters. The van der Waals surface area contributed by atoms with Crippen LogP contribution in [0, 0.1) is 11.8 Å². The summed E-state index contributed by atoms with van der Waals surface area (Å²) in [4.78, 5) is 44.6. The average molecular weight is 598 g/mol. The van der Waals surface area contributed by atoms with E-state index in [0.29, 0.717) is 18.5 Å². The van der Waals surface area contributed by atoms with Gasteiger partial charge in [-0.3, -0.25) is 14.4 Å². The van der Waals surface area contributed by atoms with Gasteiger partial charge in [0.1, 0.15) is 11.6 Å². The lowest BCUT2D eigenvalue weighted by Crippen LogP contribution is -2.58. The lowest BCUT2D eigenvalue weighted by atomic mass is 9.70. The molecule has 39 heavy (non-hydrogen) atoms. The molecule has 8 nitrogen and oxygen atoms in total. The number of halogens is 1. The number of hydrogen-bond acceptors (Lipinski definition) is 6. The number of esters is 1. The van der Waals surface area contributed by atoms with Crippen LogP contribution in [0.4, 0.5) is 5.69 Å². The fraction of sp³-hybridized carbons (Fsp3) is 0.433. The second-order valence-electron chi connectivity index (χ2n) is 10.5. The van der Waals surface area contributed by atoms with E-state index in [-0.39, 0.29) is 36.4 Å². The number of benzene rings is 2. The minimum absolute atomic E-state index is 0.153. The Hall–Kier alpha value is -3.01. The van der Waals surface area contributed by atoms with Gasteiger partial charge in [-0.1, -0.05) is 58.4 Å². The van der Waals surface area contributed by atoms with Crippen LogP contribution in [0.3, 0.4) is 0 Å². The Kier molecular flexibility index (Phi) is 7.68. The number of aliphatic hydroxyl groups excluding tert-OH is 1. The van der Waals surface area contributed by atoms with E-state index in [9.17, 15) is 19.5 Å². The molecular weight excluding hydrogens is 564 g/mol. The summed E-state index contributed by atoms with van der Waals surface area (Å²) in [5.41, 5.74) is -0.583. The third-order valence-electron chi connectivity index (χ3n) is 8.16. The number of aliphatic hydroxyl groups is 1. The first kappa shape index (κ1) is 27.6. The number of ether oxygens (including phenoxy) is 2. The molecule has 206 valence electrons. The van der Waals surface area contributed by atoms with Crippen LogP contribution in [0.1, 0.15) is 19.8 Å². The van der Waals surface area contributed by atoms with Crippen molar-refractivity contribution in [1.82, 2.24) is 4.90 Å². The Morgan fingerprint density at radius 1 is 1.26 bits per heavy atom. The molecule has 3 aliphatic heterocycles. The third-order valence-corrected chi connectivity index (χ3v) is 9.01. The Bertz CT molecular complexity index is 1320. The zero-order valence-electron chi connectivity index (χ0n) is 21.9.